The standard InChI is InChI=1S/C12H10BrFN4O/c13-9-2-1-7(5-10(9)14)17-12(19)8-6-16-4-3-11(8)18-15/h1-6H,15H2,(H,16,18)(H,17,19). The smallest absolute Gasteiger partial charge is 0.259 e. The molecule has 0 radical (unpaired) electrons. The second-order valence-corrected chi connectivity index (χ2v) is 4.50. The first-order chi connectivity index (χ1) is 9.11. The van der Waals surface area contributed by atoms with Gasteiger partial charge in [-0.3, -0.25) is 15.6 Å². The van der Waals surface area contributed by atoms with E-state index in [1.807, 2.05) is 0 Å². The van der Waals surface area contributed by atoms with Crippen LogP contribution in [0.3, 0.4) is 0 Å². The van der Waals surface area contributed by atoms with Crippen molar-refractivity contribution in [1.82, 2.24) is 4.98 Å². The molecule has 19 heavy (non-hydrogen) atoms. The number of rotatable bonds is 3. The molecule has 5 nitrogen and oxygen atoms in total. The van der Waals surface area contributed by atoms with Crippen molar-refractivity contribution in [3.05, 3.63) is 52.5 Å². The fourth-order valence-corrected chi connectivity index (χ4v) is 1.72. The molecule has 1 aromatic carbocycles. The highest BCUT2D eigenvalue weighted by atomic mass is 79.9. The van der Waals surface area contributed by atoms with Crippen LogP contribution in [0.2, 0.25) is 0 Å². The van der Waals surface area contributed by atoms with E-state index in [9.17, 15) is 9.18 Å². The molecule has 0 aliphatic rings. The highest BCUT2D eigenvalue weighted by Gasteiger charge is 2.12. The third-order valence-electron chi connectivity index (χ3n) is 2.40. The molecule has 1 aromatic heterocycles. The molecular weight excluding hydrogens is 315 g/mol. The summed E-state index contributed by atoms with van der Waals surface area (Å²) < 4.78 is 13.7. The lowest BCUT2D eigenvalue weighted by atomic mass is 10.2. The summed E-state index contributed by atoms with van der Waals surface area (Å²) in [5.74, 6) is 4.42. The van der Waals surface area contributed by atoms with Crippen molar-refractivity contribution >= 4 is 33.2 Å². The minimum atomic E-state index is -0.457. The fourth-order valence-electron chi connectivity index (χ4n) is 1.47. The molecule has 0 aliphatic carbocycles. The number of hydrogen-bond donors (Lipinski definition) is 3. The SMILES string of the molecule is NNc1ccncc1C(=O)Nc1ccc(Br)c(F)c1. The van der Waals surface area contributed by atoms with Gasteiger partial charge in [0.15, 0.2) is 0 Å². The van der Waals surface area contributed by atoms with E-state index in [0.29, 0.717) is 15.8 Å². The van der Waals surface area contributed by atoms with Crippen LogP contribution in [0.15, 0.2) is 41.1 Å². The second kappa shape index (κ2) is 5.77. The number of aromatic nitrogens is 1. The van der Waals surface area contributed by atoms with E-state index in [2.05, 4.69) is 31.7 Å². The molecule has 0 atom stereocenters. The quantitative estimate of drug-likeness (QED) is 0.598. The zero-order valence-electron chi connectivity index (χ0n) is 9.65. The topological polar surface area (TPSA) is 80.0 Å². The van der Waals surface area contributed by atoms with Gasteiger partial charge in [-0.05, 0) is 40.2 Å². The number of carbonyl (C=O) groups excluding carboxylic acids is 1. The molecule has 2 aromatic rings. The Bertz CT molecular complexity index is 620. The highest BCUT2D eigenvalue weighted by Crippen LogP contribution is 2.20. The summed E-state index contributed by atoms with van der Waals surface area (Å²) in [5.41, 5.74) is 3.45. The maximum Gasteiger partial charge on any atom is 0.259 e. The van der Waals surface area contributed by atoms with Crippen molar-refractivity contribution in [1.29, 1.82) is 0 Å². The van der Waals surface area contributed by atoms with Crippen LogP contribution in [0.4, 0.5) is 15.8 Å². The molecular formula is C12H10BrFN4O. The zero-order chi connectivity index (χ0) is 13.8. The number of hydrogen-bond acceptors (Lipinski definition) is 4. The van der Waals surface area contributed by atoms with Gasteiger partial charge in [0.1, 0.15) is 5.82 Å². The largest absolute Gasteiger partial charge is 0.323 e. The first kappa shape index (κ1) is 13.4. The average Bonchev–Trinajstić information content (AvgIpc) is 2.43. The molecule has 0 saturated carbocycles. The van der Waals surface area contributed by atoms with Crippen LogP contribution in [-0.2, 0) is 0 Å². The van der Waals surface area contributed by atoms with E-state index in [-0.39, 0.29) is 5.56 Å². The minimum Gasteiger partial charge on any atom is -0.323 e. The Morgan fingerprint density at radius 1 is 1.37 bits per heavy atom. The number of nitrogen functional groups attached to an aromatic ring is 1. The Morgan fingerprint density at radius 3 is 2.84 bits per heavy atom. The molecule has 2 rings (SSSR count). The predicted molar refractivity (Wildman–Crippen MR) is 74.1 cm³/mol. The summed E-state index contributed by atoms with van der Waals surface area (Å²) in [6.45, 7) is 0. The molecule has 4 N–H and O–H groups in total. The third kappa shape index (κ3) is 3.07. The van der Waals surface area contributed by atoms with Gasteiger partial charge in [0, 0.05) is 18.1 Å². The van der Waals surface area contributed by atoms with Crippen molar-refractivity contribution in [2.45, 2.75) is 0 Å². The third-order valence-corrected chi connectivity index (χ3v) is 3.04. The van der Waals surface area contributed by atoms with E-state index in [4.69, 9.17) is 5.84 Å². The van der Waals surface area contributed by atoms with E-state index in [0.717, 1.165) is 0 Å². The molecule has 0 unspecified atom stereocenters. The first-order valence-electron chi connectivity index (χ1n) is 5.29. The van der Waals surface area contributed by atoms with Gasteiger partial charge >= 0.3 is 0 Å². The van der Waals surface area contributed by atoms with Crippen LogP contribution in [0.5, 0.6) is 0 Å². The molecule has 1 heterocycles. The van der Waals surface area contributed by atoms with Gasteiger partial charge in [-0.25, -0.2) is 4.39 Å². The number of nitrogens with zero attached hydrogens (tertiary/aromatic N) is 1. The van der Waals surface area contributed by atoms with E-state index < -0.39 is 11.7 Å². The monoisotopic (exact) mass is 324 g/mol. The molecule has 7 heteroatoms. The zero-order valence-corrected chi connectivity index (χ0v) is 11.2. The Kier molecular flexibility index (Phi) is 4.08. The summed E-state index contributed by atoms with van der Waals surface area (Å²) in [7, 11) is 0. The van der Waals surface area contributed by atoms with Crippen molar-refractivity contribution in [3.8, 4) is 0 Å². The van der Waals surface area contributed by atoms with Crippen molar-refractivity contribution in [2.75, 3.05) is 10.7 Å². The molecule has 0 saturated heterocycles. The summed E-state index contributed by atoms with van der Waals surface area (Å²) in [6.07, 6.45) is 2.88. The van der Waals surface area contributed by atoms with E-state index >= 15 is 0 Å². The van der Waals surface area contributed by atoms with Gasteiger partial charge in [0.05, 0.1) is 15.7 Å². The van der Waals surface area contributed by atoms with Gasteiger partial charge in [-0.15, -0.1) is 0 Å². The van der Waals surface area contributed by atoms with Crippen molar-refractivity contribution < 1.29 is 9.18 Å². The summed E-state index contributed by atoms with van der Waals surface area (Å²) in [4.78, 5) is 15.9. The summed E-state index contributed by atoms with van der Waals surface area (Å²) in [6, 6.07) is 5.87. The Balaban J connectivity index is 2.23. The Morgan fingerprint density at radius 2 is 2.16 bits per heavy atom. The lowest BCUT2D eigenvalue weighted by Gasteiger charge is -2.09. The Labute approximate surface area is 117 Å². The van der Waals surface area contributed by atoms with E-state index in [1.54, 1.807) is 12.1 Å². The summed E-state index contributed by atoms with van der Waals surface area (Å²) >= 11 is 3.04. The number of nitrogens with one attached hydrogen (secondary N) is 2. The van der Waals surface area contributed by atoms with Gasteiger partial charge in [0.25, 0.3) is 5.91 Å². The number of hydrazine groups is 1. The maximum absolute atomic E-state index is 13.3. The van der Waals surface area contributed by atoms with Crippen LogP contribution in [0, 0.1) is 5.82 Å². The van der Waals surface area contributed by atoms with Gasteiger partial charge in [0.2, 0.25) is 0 Å². The number of amides is 1. The molecule has 0 aliphatic heterocycles. The molecule has 1 amide bonds. The van der Waals surface area contributed by atoms with Gasteiger partial charge < -0.3 is 10.7 Å². The summed E-state index contributed by atoms with van der Waals surface area (Å²) in [5, 5.41) is 2.57. The van der Waals surface area contributed by atoms with Crippen LogP contribution in [0.1, 0.15) is 10.4 Å². The highest BCUT2D eigenvalue weighted by molar-refractivity contribution is 9.10. The van der Waals surface area contributed by atoms with Crippen LogP contribution in [-0.4, -0.2) is 10.9 Å². The predicted octanol–water partition coefficient (Wildman–Crippen LogP) is 2.52. The number of anilines is 2. The van der Waals surface area contributed by atoms with Gasteiger partial charge in [-0.1, -0.05) is 0 Å². The first-order valence-corrected chi connectivity index (χ1v) is 6.08. The fraction of sp³-hybridized carbons (Fsp3) is 0. The van der Waals surface area contributed by atoms with Crippen LogP contribution >= 0.6 is 15.9 Å². The number of nitrogens with two attached hydrogens (primary N) is 1. The lowest BCUT2D eigenvalue weighted by molar-refractivity contribution is 0.102. The second-order valence-electron chi connectivity index (χ2n) is 3.65. The lowest BCUT2D eigenvalue weighted by Crippen LogP contribution is -2.17. The van der Waals surface area contributed by atoms with E-state index in [1.165, 1.54) is 24.5 Å². The molecule has 98 valence electrons. The normalized spacial score (nSPS) is 10.1. The number of benzene rings is 1. The minimum absolute atomic E-state index is 0.272. The van der Waals surface area contributed by atoms with Gasteiger partial charge in [-0.2, -0.15) is 0 Å². The molecule has 0 bridgehead atoms. The van der Waals surface area contributed by atoms with Crippen molar-refractivity contribution in [3.63, 3.8) is 0 Å². The number of carbonyl (C=O) groups is 1. The van der Waals surface area contributed by atoms with Crippen LogP contribution in [0.25, 0.3) is 0 Å². The van der Waals surface area contributed by atoms with Crippen LogP contribution < -0.4 is 16.6 Å². The average molecular weight is 325 g/mol. The number of pyridine rings is 1. The molecule has 0 spiro atoms. The van der Waals surface area contributed by atoms with Crippen molar-refractivity contribution in [2.24, 2.45) is 5.84 Å². The maximum atomic E-state index is 13.3. The number of halogens is 2. The Hall–Kier alpha value is -1.99. The molecule has 0 fully saturated rings.